The maximum atomic E-state index is 11.0. The minimum atomic E-state index is -0.253. The third-order valence-corrected chi connectivity index (χ3v) is 4.38. The second kappa shape index (κ2) is 6.09. The van der Waals surface area contributed by atoms with Crippen molar-refractivity contribution in [3.8, 4) is 0 Å². The predicted octanol–water partition coefficient (Wildman–Crippen LogP) is 2.61. The molecule has 0 heterocycles. The molecule has 1 aliphatic rings. The molecule has 0 aromatic carbocycles. The number of hydrogen-bond acceptors (Lipinski definition) is 4. The molecule has 4 heteroatoms. The lowest BCUT2D eigenvalue weighted by Gasteiger charge is -2.48. The number of esters is 1. The van der Waals surface area contributed by atoms with E-state index in [-0.39, 0.29) is 28.3 Å². The van der Waals surface area contributed by atoms with E-state index in [1.54, 1.807) is 0 Å². The molecule has 0 radical (unpaired) electrons. The minimum absolute atomic E-state index is 0.0129. The monoisotopic (exact) mass is 296 g/mol. The second-order valence-corrected chi connectivity index (χ2v) is 8.28. The van der Waals surface area contributed by atoms with Crippen LogP contribution in [0.2, 0.25) is 0 Å². The molecule has 1 saturated carbocycles. The second-order valence-electron chi connectivity index (χ2n) is 8.28. The summed E-state index contributed by atoms with van der Waals surface area (Å²) in [6, 6.07) is 0.0129. The van der Waals surface area contributed by atoms with Gasteiger partial charge in [-0.1, -0.05) is 40.7 Å². The van der Waals surface area contributed by atoms with Gasteiger partial charge in [-0.3, -0.25) is 4.79 Å². The molecule has 21 heavy (non-hydrogen) atoms. The highest BCUT2D eigenvalue weighted by molar-refractivity contribution is 5.65. The average Bonchev–Trinajstić information content (AvgIpc) is 2.31. The van der Waals surface area contributed by atoms with Crippen LogP contribution in [0.25, 0.3) is 0 Å². The van der Waals surface area contributed by atoms with Crippen molar-refractivity contribution in [2.75, 3.05) is 13.2 Å². The van der Waals surface area contributed by atoms with Crippen LogP contribution < -0.4 is 11.5 Å². The molecule has 0 aromatic heterocycles. The maximum absolute atomic E-state index is 11.0. The van der Waals surface area contributed by atoms with E-state index in [1.165, 1.54) is 12.5 Å². The standard InChI is InChI=1S/C17H32N2O2/c1-12(20)21-11-16(4,5)7-13-14(19)8-15(2,3)9-17(13,6)10-18/h7,14H,8-11,18-19H2,1-6H3/b13-7-. The van der Waals surface area contributed by atoms with Crippen LogP contribution >= 0.6 is 0 Å². The molecule has 0 bridgehead atoms. The van der Waals surface area contributed by atoms with Gasteiger partial charge in [0.1, 0.15) is 0 Å². The Balaban J connectivity index is 3.06. The SMILES string of the molecule is CC(=O)OCC(C)(C)/C=C1/C(N)CC(C)(C)CC1(C)CN. The fourth-order valence-electron chi connectivity index (χ4n) is 3.60. The Morgan fingerprint density at radius 2 is 2.00 bits per heavy atom. The zero-order valence-electron chi connectivity index (χ0n) is 14.5. The summed E-state index contributed by atoms with van der Waals surface area (Å²) < 4.78 is 5.17. The highest BCUT2D eigenvalue weighted by Gasteiger charge is 2.43. The molecule has 0 saturated heterocycles. The summed E-state index contributed by atoms with van der Waals surface area (Å²) in [6.45, 7) is 13.2. The Morgan fingerprint density at radius 1 is 1.43 bits per heavy atom. The topological polar surface area (TPSA) is 78.3 Å². The molecule has 0 amide bonds. The smallest absolute Gasteiger partial charge is 0.302 e. The van der Waals surface area contributed by atoms with Crippen molar-refractivity contribution >= 4 is 5.97 Å². The van der Waals surface area contributed by atoms with Crippen LogP contribution in [0.5, 0.6) is 0 Å². The van der Waals surface area contributed by atoms with Crippen LogP contribution in [-0.2, 0) is 9.53 Å². The number of ether oxygens (including phenoxy) is 1. The Morgan fingerprint density at radius 3 is 2.48 bits per heavy atom. The third-order valence-electron chi connectivity index (χ3n) is 4.38. The van der Waals surface area contributed by atoms with E-state index in [9.17, 15) is 4.79 Å². The molecule has 2 unspecified atom stereocenters. The van der Waals surface area contributed by atoms with Gasteiger partial charge in [0.15, 0.2) is 0 Å². The van der Waals surface area contributed by atoms with Crippen LogP contribution in [0, 0.1) is 16.2 Å². The van der Waals surface area contributed by atoms with Crippen LogP contribution in [-0.4, -0.2) is 25.2 Å². The van der Waals surface area contributed by atoms with Crippen molar-refractivity contribution in [1.82, 2.24) is 0 Å². The lowest BCUT2D eigenvalue weighted by atomic mass is 9.59. The molecule has 0 aliphatic heterocycles. The Hall–Kier alpha value is -0.870. The maximum Gasteiger partial charge on any atom is 0.302 e. The van der Waals surface area contributed by atoms with E-state index in [4.69, 9.17) is 16.2 Å². The fraction of sp³-hybridized carbons (Fsp3) is 0.824. The van der Waals surface area contributed by atoms with Crippen molar-refractivity contribution in [2.45, 2.75) is 60.4 Å². The van der Waals surface area contributed by atoms with Crippen molar-refractivity contribution in [3.63, 3.8) is 0 Å². The first kappa shape index (κ1) is 18.2. The van der Waals surface area contributed by atoms with Crippen LogP contribution in [0.3, 0.4) is 0 Å². The zero-order valence-corrected chi connectivity index (χ0v) is 14.5. The number of carbonyl (C=O) groups is 1. The normalized spacial score (nSPS) is 31.2. The predicted molar refractivity (Wildman–Crippen MR) is 86.6 cm³/mol. The van der Waals surface area contributed by atoms with E-state index in [0.717, 1.165) is 12.8 Å². The average molecular weight is 296 g/mol. The van der Waals surface area contributed by atoms with Gasteiger partial charge in [0, 0.05) is 30.3 Å². The van der Waals surface area contributed by atoms with Gasteiger partial charge in [-0.15, -0.1) is 0 Å². The van der Waals surface area contributed by atoms with Crippen LogP contribution in [0.1, 0.15) is 54.4 Å². The lowest BCUT2D eigenvalue weighted by molar-refractivity contribution is -0.143. The first-order chi connectivity index (χ1) is 9.41. The highest BCUT2D eigenvalue weighted by atomic mass is 16.5. The first-order valence-electron chi connectivity index (χ1n) is 7.73. The van der Waals surface area contributed by atoms with Crippen molar-refractivity contribution in [2.24, 2.45) is 27.7 Å². The number of carbonyl (C=O) groups excluding carboxylic acids is 1. The summed E-state index contributed by atoms with van der Waals surface area (Å²) >= 11 is 0. The Bertz CT molecular complexity index is 427. The molecule has 4 nitrogen and oxygen atoms in total. The summed E-state index contributed by atoms with van der Waals surface area (Å²) in [5.41, 5.74) is 13.6. The van der Waals surface area contributed by atoms with Gasteiger partial charge < -0.3 is 16.2 Å². The Labute approximate surface area is 129 Å². The van der Waals surface area contributed by atoms with Crippen molar-refractivity contribution in [3.05, 3.63) is 11.6 Å². The molecule has 0 aromatic rings. The van der Waals surface area contributed by atoms with Gasteiger partial charge >= 0.3 is 5.97 Å². The summed E-state index contributed by atoms with van der Waals surface area (Å²) in [4.78, 5) is 11.0. The van der Waals surface area contributed by atoms with Gasteiger partial charge in [0.05, 0.1) is 6.61 Å². The van der Waals surface area contributed by atoms with Crippen LogP contribution in [0.15, 0.2) is 11.6 Å². The lowest BCUT2D eigenvalue weighted by Crippen LogP contribution is -2.48. The summed E-state index contributed by atoms with van der Waals surface area (Å²) in [7, 11) is 0. The van der Waals surface area contributed by atoms with E-state index in [1.807, 2.05) is 0 Å². The summed E-state index contributed by atoms with van der Waals surface area (Å²) in [6.07, 6.45) is 4.17. The van der Waals surface area contributed by atoms with Gasteiger partial charge in [-0.05, 0) is 23.8 Å². The quantitative estimate of drug-likeness (QED) is 0.617. The van der Waals surface area contributed by atoms with Crippen molar-refractivity contribution < 1.29 is 9.53 Å². The molecular formula is C17H32N2O2. The molecule has 2 atom stereocenters. The van der Waals surface area contributed by atoms with Crippen LogP contribution in [0.4, 0.5) is 0 Å². The number of hydrogen-bond donors (Lipinski definition) is 2. The van der Waals surface area contributed by atoms with E-state index >= 15 is 0 Å². The molecule has 1 fully saturated rings. The molecule has 1 rings (SSSR count). The molecular weight excluding hydrogens is 264 g/mol. The van der Waals surface area contributed by atoms with Gasteiger partial charge in [-0.25, -0.2) is 0 Å². The first-order valence-corrected chi connectivity index (χ1v) is 7.73. The summed E-state index contributed by atoms with van der Waals surface area (Å²) in [5.74, 6) is -0.253. The number of rotatable bonds is 4. The van der Waals surface area contributed by atoms with Gasteiger partial charge in [0.2, 0.25) is 0 Å². The zero-order chi connectivity index (χ0) is 16.5. The van der Waals surface area contributed by atoms with E-state index < -0.39 is 0 Å². The van der Waals surface area contributed by atoms with Crippen molar-refractivity contribution in [1.29, 1.82) is 0 Å². The summed E-state index contributed by atoms with van der Waals surface area (Å²) in [5, 5.41) is 0. The largest absolute Gasteiger partial charge is 0.465 e. The fourth-order valence-corrected chi connectivity index (χ4v) is 3.60. The molecule has 122 valence electrons. The molecule has 4 N–H and O–H groups in total. The van der Waals surface area contributed by atoms with Gasteiger partial charge in [-0.2, -0.15) is 0 Å². The van der Waals surface area contributed by atoms with E-state index in [2.05, 4.69) is 40.7 Å². The molecule has 0 spiro atoms. The third kappa shape index (κ3) is 4.82. The highest BCUT2D eigenvalue weighted by Crippen LogP contribution is 2.49. The number of nitrogens with two attached hydrogens (primary N) is 2. The minimum Gasteiger partial charge on any atom is -0.465 e. The van der Waals surface area contributed by atoms with Gasteiger partial charge in [0.25, 0.3) is 0 Å². The molecule has 1 aliphatic carbocycles. The van der Waals surface area contributed by atoms with E-state index in [0.29, 0.717) is 13.2 Å². The Kier molecular flexibility index (Phi) is 5.27.